The molecule has 1 aromatic carbocycles. The number of hydrogen-bond donors (Lipinski definition) is 4. The highest BCUT2D eigenvalue weighted by molar-refractivity contribution is 7.51. The highest BCUT2D eigenvalue weighted by atomic mass is 35.5. The Morgan fingerprint density at radius 1 is 1.41 bits per heavy atom. The number of hydrogen-bond acceptors (Lipinski definition) is 10. The summed E-state index contributed by atoms with van der Waals surface area (Å²) in [5.74, 6) is -1.17. The second kappa shape index (κ2) is 11.2. The lowest BCUT2D eigenvalue weighted by Gasteiger charge is -2.33. The molecule has 1 aliphatic heterocycles. The molecular formula is C23H30ClN6O8P. The average molecular weight is 585 g/mol. The van der Waals surface area contributed by atoms with E-state index in [9.17, 15) is 24.4 Å². The van der Waals surface area contributed by atoms with Crippen molar-refractivity contribution in [3.63, 3.8) is 0 Å². The number of aliphatic hydroxyl groups is 1. The molecule has 6 atom stereocenters. The molecule has 1 saturated heterocycles. The van der Waals surface area contributed by atoms with Crippen LogP contribution in [0.15, 0.2) is 41.5 Å². The van der Waals surface area contributed by atoms with Gasteiger partial charge in [-0.25, -0.2) is 9.55 Å². The maximum Gasteiger partial charge on any atom is 0.462 e. The van der Waals surface area contributed by atoms with Crippen LogP contribution < -0.4 is 15.8 Å². The molecule has 4 rings (SSSR count). The van der Waals surface area contributed by atoms with Crippen molar-refractivity contribution in [1.82, 2.24) is 24.2 Å². The summed E-state index contributed by atoms with van der Waals surface area (Å²) < 4.78 is 34.3. The van der Waals surface area contributed by atoms with Crippen LogP contribution in [-0.4, -0.2) is 76.6 Å². The van der Waals surface area contributed by atoms with Crippen molar-refractivity contribution in [2.75, 3.05) is 18.9 Å². The third kappa shape index (κ3) is 5.67. The van der Waals surface area contributed by atoms with E-state index in [0.717, 1.165) is 4.67 Å². The molecule has 1 fully saturated rings. The minimum absolute atomic E-state index is 0.00640. The number of aliphatic hydroxyl groups excluding tert-OH is 1. The van der Waals surface area contributed by atoms with Crippen molar-refractivity contribution in [2.24, 2.45) is 0 Å². The van der Waals surface area contributed by atoms with Crippen LogP contribution in [0.5, 0.6) is 5.75 Å². The Balaban J connectivity index is 1.63. The molecule has 3 aromatic rings. The van der Waals surface area contributed by atoms with E-state index >= 15 is 0 Å². The smallest absolute Gasteiger partial charge is 0.462 e. The number of rotatable bonds is 11. The maximum atomic E-state index is 14.2. The first-order valence-electron chi connectivity index (χ1n) is 12.1. The molecule has 16 heteroatoms. The molecule has 0 bridgehead atoms. The highest BCUT2D eigenvalue weighted by Crippen LogP contribution is 2.54. The molecule has 0 amide bonds. The van der Waals surface area contributed by atoms with Crippen LogP contribution in [0.3, 0.4) is 0 Å². The number of aromatic nitrogens is 4. The molecule has 1 aliphatic rings. The summed E-state index contributed by atoms with van der Waals surface area (Å²) in [4.78, 5) is 33.1. The summed E-state index contributed by atoms with van der Waals surface area (Å²) in [6, 6.07) is 6.97. The topological polar surface area (TPSA) is 195 Å². The monoisotopic (exact) mass is 584 g/mol. The Bertz CT molecular complexity index is 1430. The number of fused-ring (bicyclic) bond motifs is 1. The fourth-order valence-electron chi connectivity index (χ4n) is 4.29. The Morgan fingerprint density at radius 3 is 2.74 bits per heavy atom. The number of halogens is 1. The number of nitrogen functional groups attached to an aromatic ring is 1. The summed E-state index contributed by atoms with van der Waals surface area (Å²) in [5.41, 5.74) is 5.21. The Kier molecular flexibility index (Phi) is 8.36. The Labute approximate surface area is 228 Å². The van der Waals surface area contributed by atoms with Gasteiger partial charge < -0.3 is 25.2 Å². The van der Waals surface area contributed by atoms with Crippen LogP contribution in [0.4, 0.5) is 5.95 Å². The molecular weight excluding hydrogens is 555 g/mol. The number of carboxylic acid groups (broad SMARTS) is 1. The lowest BCUT2D eigenvalue weighted by atomic mass is 10.0. The molecule has 212 valence electrons. The molecule has 3 heterocycles. The maximum absolute atomic E-state index is 14.2. The summed E-state index contributed by atoms with van der Waals surface area (Å²) in [6.45, 7) is 4.30. The van der Waals surface area contributed by atoms with Crippen LogP contribution in [0.25, 0.3) is 11.2 Å². The quantitative estimate of drug-likeness (QED) is 0.190. The largest absolute Gasteiger partial charge is 0.480 e. The molecule has 0 radical (unpaired) electrons. The third-order valence-corrected chi connectivity index (χ3v) is 8.86. The number of anilines is 1. The first-order chi connectivity index (χ1) is 18.4. The lowest BCUT2D eigenvalue weighted by molar-refractivity contribution is -0.141. The van der Waals surface area contributed by atoms with Crippen molar-refractivity contribution in [3.05, 3.63) is 47.0 Å². The minimum atomic E-state index is -4.31. The van der Waals surface area contributed by atoms with Gasteiger partial charge in [0.15, 0.2) is 17.4 Å². The molecule has 39 heavy (non-hydrogen) atoms. The highest BCUT2D eigenvalue weighted by Gasteiger charge is 2.54. The van der Waals surface area contributed by atoms with Gasteiger partial charge in [-0.2, -0.15) is 9.65 Å². The van der Waals surface area contributed by atoms with Gasteiger partial charge in [0.2, 0.25) is 5.95 Å². The van der Waals surface area contributed by atoms with Crippen molar-refractivity contribution in [2.45, 2.75) is 56.5 Å². The first-order valence-corrected chi connectivity index (χ1v) is 14.0. The van der Waals surface area contributed by atoms with Gasteiger partial charge in [0.05, 0.1) is 12.9 Å². The summed E-state index contributed by atoms with van der Waals surface area (Å²) >= 11 is 6.72. The van der Waals surface area contributed by atoms with Gasteiger partial charge >= 0.3 is 13.7 Å². The number of nitrogens with zero attached hydrogens (tertiary/aromatic N) is 4. The number of carbonyl (C=O) groups is 1. The number of aliphatic carboxylic acids is 1. The van der Waals surface area contributed by atoms with Crippen molar-refractivity contribution < 1.29 is 33.4 Å². The molecule has 2 aromatic heterocycles. The molecule has 5 N–H and O–H groups in total. The first kappa shape index (κ1) is 29.0. The van der Waals surface area contributed by atoms with E-state index in [2.05, 4.69) is 15.0 Å². The SMILES string of the molecule is CCCN(C(C)C(=O)O)[P@](=O)(OC[C@H]1O[C@@H](n2cnc3c(=O)[nH]c(N)nc32)[C@](C)(Cl)[C@@H]1O)Oc1ccccc1. The van der Waals surface area contributed by atoms with Crippen LogP contribution >= 0.6 is 19.3 Å². The summed E-state index contributed by atoms with van der Waals surface area (Å²) in [7, 11) is -4.31. The van der Waals surface area contributed by atoms with Gasteiger partial charge in [-0.05, 0) is 32.4 Å². The zero-order valence-electron chi connectivity index (χ0n) is 21.4. The molecule has 0 aliphatic carbocycles. The van der Waals surface area contributed by atoms with E-state index in [1.165, 1.54) is 24.7 Å². The van der Waals surface area contributed by atoms with Gasteiger partial charge in [0.1, 0.15) is 28.9 Å². The average Bonchev–Trinajstić information content (AvgIpc) is 3.39. The number of imidazole rings is 1. The van der Waals surface area contributed by atoms with Crippen LogP contribution in [0, 0.1) is 0 Å². The molecule has 1 unspecified atom stereocenters. The van der Waals surface area contributed by atoms with Gasteiger partial charge in [0, 0.05) is 6.54 Å². The number of H-pyrrole nitrogens is 1. The van der Waals surface area contributed by atoms with E-state index < -0.39 is 55.2 Å². The van der Waals surface area contributed by atoms with E-state index in [1.807, 2.05) is 0 Å². The number of alkyl halides is 1. The number of benzene rings is 1. The number of para-hydroxylation sites is 1. The zero-order chi connectivity index (χ0) is 28.5. The van der Waals surface area contributed by atoms with Crippen molar-refractivity contribution in [1.29, 1.82) is 0 Å². The third-order valence-electron chi connectivity index (χ3n) is 6.36. The Morgan fingerprint density at radius 2 is 2.10 bits per heavy atom. The van der Waals surface area contributed by atoms with Crippen molar-refractivity contribution >= 4 is 42.4 Å². The number of ether oxygens (including phenoxy) is 1. The summed E-state index contributed by atoms with van der Waals surface area (Å²) in [5, 5.41) is 20.7. The fourth-order valence-corrected chi connectivity index (χ4v) is 6.58. The van der Waals surface area contributed by atoms with E-state index in [-0.39, 0.29) is 29.4 Å². The standard InChI is InChI=1S/C23H30ClN6O8P/c1-4-10-30(13(2)20(33)34)39(35,38-14-8-6-5-7-9-14)36-11-15-17(31)23(3,24)21(37-15)29-12-26-16-18(29)27-22(25)28-19(16)32/h5-9,12-13,15,17,21,31H,4,10-11H2,1-3H3,(H,33,34)(H3,25,27,28,32)/t13?,15-,17-,21-,23-,39+/m1/s1. The zero-order valence-corrected chi connectivity index (χ0v) is 23.1. The molecule has 14 nitrogen and oxygen atoms in total. The lowest BCUT2D eigenvalue weighted by Crippen LogP contribution is -2.41. The van der Waals surface area contributed by atoms with E-state index in [0.29, 0.717) is 6.42 Å². The minimum Gasteiger partial charge on any atom is -0.480 e. The normalized spacial score (nSPS) is 25.5. The van der Waals surface area contributed by atoms with Crippen LogP contribution in [0.2, 0.25) is 0 Å². The van der Waals surface area contributed by atoms with Gasteiger partial charge in [-0.1, -0.05) is 25.1 Å². The number of aromatic amines is 1. The van der Waals surface area contributed by atoms with Gasteiger partial charge in [-0.15, -0.1) is 11.6 Å². The van der Waals surface area contributed by atoms with Gasteiger partial charge in [-0.3, -0.25) is 23.7 Å². The van der Waals surface area contributed by atoms with E-state index in [4.69, 9.17) is 31.1 Å². The number of nitrogens with one attached hydrogen (secondary N) is 1. The van der Waals surface area contributed by atoms with Gasteiger partial charge in [0.25, 0.3) is 5.56 Å². The second-order valence-electron chi connectivity index (χ2n) is 9.24. The predicted octanol–water partition coefficient (Wildman–Crippen LogP) is 2.35. The van der Waals surface area contributed by atoms with Crippen LogP contribution in [0.1, 0.15) is 33.4 Å². The van der Waals surface area contributed by atoms with Crippen LogP contribution in [-0.2, 0) is 18.6 Å². The predicted molar refractivity (Wildman–Crippen MR) is 141 cm³/mol. The molecule has 0 spiro atoms. The molecule has 0 saturated carbocycles. The van der Waals surface area contributed by atoms with E-state index in [1.54, 1.807) is 37.3 Å². The number of carboxylic acids is 1. The number of nitrogens with two attached hydrogens (primary N) is 1. The van der Waals surface area contributed by atoms with Crippen molar-refractivity contribution in [3.8, 4) is 5.75 Å². The second-order valence-corrected chi connectivity index (χ2v) is 12.0. The summed E-state index contributed by atoms with van der Waals surface area (Å²) in [6.07, 6.45) is -1.83. The fraction of sp³-hybridized carbons (Fsp3) is 0.478. The Hall–Kier alpha value is -3.00.